The molecule has 0 rings (SSSR count). The van der Waals surface area contributed by atoms with Gasteiger partial charge < -0.3 is 10.4 Å². The summed E-state index contributed by atoms with van der Waals surface area (Å²) in [6.07, 6.45) is 22.1. The monoisotopic (exact) mass is 368 g/mol. The zero-order valence-electron chi connectivity index (χ0n) is 14.3. The molecule has 0 saturated heterocycles. The second kappa shape index (κ2) is 23.7. The molecule has 0 atom stereocenters. The van der Waals surface area contributed by atoms with Crippen LogP contribution in [-0.2, 0) is 32.2 Å². The maximum atomic E-state index is 10.7. The minimum Gasteiger partial charge on any atom is -2.00 e. The third-order valence-electron chi connectivity index (χ3n) is 3.43. The molecule has 0 fully saturated rings. The van der Waals surface area contributed by atoms with Gasteiger partial charge >= 0.3 is 23.0 Å². The fourth-order valence-electron chi connectivity index (χ4n) is 2.13. The molecule has 5 heteroatoms. The Morgan fingerprint density at radius 2 is 1.39 bits per heavy atom. The van der Waals surface area contributed by atoms with Crippen LogP contribution in [0.1, 0.15) is 84.0 Å². The molecule has 0 radical (unpaired) electrons. The van der Waals surface area contributed by atoms with Crippen LogP contribution in [0.15, 0.2) is 24.3 Å². The molecule has 0 spiro atoms. The van der Waals surface area contributed by atoms with Crippen molar-refractivity contribution in [3.8, 4) is 0 Å². The number of unbranched alkanes of at least 4 members (excludes halogenated alkanes) is 8. The third-order valence-corrected chi connectivity index (χ3v) is 3.43. The number of carbonyl (C=O) groups is 1. The Morgan fingerprint density at radius 3 is 1.96 bits per heavy atom. The molecule has 0 aliphatic carbocycles. The van der Waals surface area contributed by atoms with Gasteiger partial charge in [0, 0.05) is 6.42 Å². The minimum absolute atomic E-state index is 0. The van der Waals surface area contributed by atoms with E-state index in [4.69, 9.17) is 5.26 Å². The first-order valence-corrected chi connectivity index (χ1v) is 8.45. The van der Waals surface area contributed by atoms with Gasteiger partial charge in [0.2, 0.25) is 0 Å². The van der Waals surface area contributed by atoms with Gasteiger partial charge in [0.15, 0.2) is 0 Å². The summed E-state index contributed by atoms with van der Waals surface area (Å²) in [6, 6.07) is 0. The first-order valence-electron chi connectivity index (χ1n) is 8.45. The van der Waals surface area contributed by atoms with Crippen LogP contribution in [-0.4, -0.2) is 11.2 Å². The van der Waals surface area contributed by atoms with E-state index in [-0.39, 0.29) is 22.5 Å². The average molecular weight is 368 g/mol. The summed E-state index contributed by atoms with van der Waals surface area (Å²) in [5.41, 5.74) is 0. The summed E-state index contributed by atoms with van der Waals surface area (Å²) < 4.78 is 0. The molecule has 136 valence electrons. The molecule has 0 aromatic heterocycles. The summed E-state index contributed by atoms with van der Waals surface area (Å²) in [7, 11) is 0. The van der Waals surface area contributed by atoms with Crippen molar-refractivity contribution in [2.24, 2.45) is 0 Å². The molecule has 4 nitrogen and oxygen atoms in total. The summed E-state index contributed by atoms with van der Waals surface area (Å²) in [4.78, 5) is 14.3. The van der Waals surface area contributed by atoms with E-state index in [9.17, 15) is 4.79 Å². The van der Waals surface area contributed by atoms with Gasteiger partial charge in [-0.15, -0.1) is 0 Å². The first kappa shape index (κ1) is 27.2. The Labute approximate surface area is 152 Å². The molecular formula is C18H32FeO4. The van der Waals surface area contributed by atoms with Crippen LogP contribution in [0.5, 0.6) is 0 Å². The van der Waals surface area contributed by atoms with Gasteiger partial charge in [0.05, 0.1) is 0 Å². The number of hydrogen-bond donors (Lipinski definition) is 1. The maximum absolute atomic E-state index is 10.7. The van der Waals surface area contributed by atoms with Gasteiger partial charge in [-0.2, -0.15) is 5.26 Å². The smallest absolute Gasteiger partial charge is 2.00 e. The van der Waals surface area contributed by atoms with Crippen molar-refractivity contribution in [1.82, 2.24) is 0 Å². The van der Waals surface area contributed by atoms with Crippen LogP contribution in [0.4, 0.5) is 0 Å². The van der Waals surface area contributed by atoms with E-state index >= 15 is 0 Å². The normalized spacial score (nSPS) is 10.5. The van der Waals surface area contributed by atoms with Crippen molar-refractivity contribution in [2.75, 3.05) is 0 Å². The number of carbonyl (C=O) groups excluding carboxylic acids is 1. The zero-order chi connectivity index (χ0) is 15.6. The predicted molar refractivity (Wildman–Crippen MR) is 88.8 cm³/mol. The SMILES string of the molecule is CCCCC/C=C\C/C=C\CCCCCCCC(=O)OO.[Fe+2].[O-2]. The number of allylic oxidation sites excluding steroid dienone is 4. The van der Waals surface area contributed by atoms with Gasteiger partial charge in [0.25, 0.3) is 0 Å². The summed E-state index contributed by atoms with van der Waals surface area (Å²) in [6.45, 7) is 2.23. The molecule has 0 bridgehead atoms. The molecule has 0 aliphatic rings. The number of hydrogen-bond acceptors (Lipinski definition) is 3. The van der Waals surface area contributed by atoms with E-state index in [1.807, 2.05) is 0 Å². The maximum Gasteiger partial charge on any atom is 2.00 e. The van der Waals surface area contributed by atoms with E-state index in [1.165, 1.54) is 38.5 Å². The Balaban J connectivity index is -0.00000200. The van der Waals surface area contributed by atoms with Crippen molar-refractivity contribution in [1.29, 1.82) is 0 Å². The van der Waals surface area contributed by atoms with Crippen LogP contribution in [0.25, 0.3) is 0 Å². The molecule has 0 unspecified atom stereocenters. The first-order chi connectivity index (χ1) is 10.3. The van der Waals surface area contributed by atoms with E-state index in [1.54, 1.807) is 0 Å². The third kappa shape index (κ3) is 23.8. The molecule has 0 aliphatic heterocycles. The quantitative estimate of drug-likeness (QED) is 0.141. The standard InChI is InChI=1S/C18H32O3.Fe.O/c1-2-3-4-5-6-7-8-9-10-11-12-13-14-15-16-17-18(19)21-20;;/h6-7,9-10,20H,2-5,8,11-17H2,1H3;;/q;+2;-2/b7-6-,10-9-;;. The molecule has 23 heavy (non-hydrogen) atoms. The minimum atomic E-state index is -0.527. The largest absolute Gasteiger partial charge is 2.00 e. The van der Waals surface area contributed by atoms with Crippen LogP contribution in [0, 0.1) is 0 Å². The van der Waals surface area contributed by atoms with Crippen LogP contribution in [0.3, 0.4) is 0 Å². The fraction of sp³-hybridized carbons (Fsp3) is 0.722. The summed E-state index contributed by atoms with van der Waals surface area (Å²) in [5, 5.41) is 8.09. The van der Waals surface area contributed by atoms with Gasteiger partial charge in [0.1, 0.15) is 0 Å². The Bertz CT molecular complexity index is 291. The van der Waals surface area contributed by atoms with Crippen molar-refractivity contribution in [3.05, 3.63) is 24.3 Å². The Morgan fingerprint density at radius 1 is 0.870 bits per heavy atom. The van der Waals surface area contributed by atoms with Gasteiger partial charge in [-0.1, -0.05) is 63.3 Å². The van der Waals surface area contributed by atoms with Crippen molar-refractivity contribution >= 4 is 5.97 Å². The molecule has 1 N–H and O–H groups in total. The second-order valence-electron chi connectivity index (χ2n) is 5.44. The zero-order valence-corrected chi connectivity index (χ0v) is 15.4. The van der Waals surface area contributed by atoms with Gasteiger partial charge in [-0.05, 0) is 38.5 Å². The van der Waals surface area contributed by atoms with Crippen LogP contribution in [0.2, 0.25) is 0 Å². The van der Waals surface area contributed by atoms with E-state index in [0.29, 0.717) is 6.42 Å². The predicted octanol–water partition coefficient (Wildman–Crippen LogP) is 5.69. The molecule has 0 amide bonds. The summed E-state index contributed by atoms with van der Waals surface area (Å²) >= 11 is 0. The Kier molecular flexibility index (Phi) is 28.0. The Hall–Kier alpha value is -0.611. The fourth-order valence-corrected chi connectivity index (χ4v) is 2.13. The number of rotatable bonds is 14. The molecule has 0 saturated carbocycles. The molecule has 0 aromatic rings. The molecular weight excluding hydrogens is 336 g/mol. The van der Waals surface area contributed by atoms with Crippen LogP contribution < -0.4 is 0 Å². The average Bonchev–Trinajstić information content (AvgIpc) is 2.50. The van der Waals surface area contributed by atoms with Crippen LogP contribution >= 0.6 is 0 Å². The van der Waals surface area contributed by atoms with E-state index < -0.39 is 5.97 Å². The van der Waals surface area contributed by atoms with Crippen molar-refractivity contribution in [2.45, 2.75) is 84.0 Å². The van der Waals surface area contributed by atoms with E-state index in [2.05, 4.69) is 36.1 Å². The van der Waals surface area contributed by atoms with E-state index in [0.717, 1.165) is 32.1 Å². The molecule has 0 heterocycles. The second-order valence-corrected chi connectivity index (χ2v) is 5.44. The topological polar surface area (TPSA) is 75.0 Å². The van der Waals surface area contributed by atoms with Crippen molar-refractivity contribution in [3.63, 3.8) is 0 Å². The van der Waals surface area contributed by atoms with Gasteiger partial charge in [-0.3, -0.25) is 0 Å². The summed E-state index contributed by atoms with van der Waals surface area (Å²) in [5.74, 6) is -0.527. The van der Waals surface area contributed by atoms with Gasteiger partial charge in [-0.25, -0.2) is 4.79 Å². The molecule has 0 aromatic carbocycles. The van der Waals surface area contributed by atoms with Crippen molar-refractivity contribution < 1.29 is 37.5 Å².